The molecule has 0 unspecified atom stereocenters. The van der Waals surface area contributed by atoms with Gasteiger partial charge in [0.1, 0.15) is 9.88 Å². The number of carbonyl (C=O) groups is 1. The van der Waals surface area contributed by atoms with Crippen molar-refractivity contribution in [3.63, 3.8) is 0 Å². The molecule has 1 amide bonds. The summed E-state index contributed by atoms with van der Waals surface area (Å²) in [4.78, 5) is 23.8. The van der Waals surface area contributed by atoms with E-state index in [4.69, 9.17) is 0 Å². The molecular formula is C18H14N4OS3. The third-order valence-electron chi connectivity index (χ3n) is 3.56. The second-order valence-electron chi connectivity index (χ2n) is 5.41. The van der Waals surface area contributed by atoms with Crippen molar-refractivity contribution in [2.24, 2.45) is 7.05 Å². The number of thiophene rings is 1. The summed E-state index contributed by atoms with van der Waals surface area (Å²) < 4.78 is 1.97. The van der Waals surface area contributed by atoms with E-state index in [1.807, 2.05) is 59.6 Å². The van der Waals surface area contributed by atoms with E-state index in [9.17, 15) is 4.79 Å². The van der Waals surface area contributed by atoms with Crippen molar-refractivity contribution >= 4 is 46.0 Å². The second-order valence-corrected chi connectivity index (χ2v) is 8.43. The molecular weight excluding hydrogens is 384 g/mol. The number of carbonyl (C=O) groups excluding carboxylic acids is 1. The van der Waals surface area contributed by atoms with Gasteiger partial charge in [0.25, 0.3) is 5.91 Å². The number of rotatable bonds is 5. The number of hydrogen-bond acceptors (Lipinski definition) is 6. The SMILES string of the molecule is Cn1ccnc1Sc1ccc(NC(=O)c2cnc(-c3cccs3)s2)cc1. The first-order chi connectivity index (χ1) is 12.7. The van der Waals surface area contributed by atoms with Crippen molar-refractivity contribution in [3.05, 3.63) is 65.2 Å². The minimum atomic E-state index is -0.144. The lowest BCUT2D eigenvalue weighted by Crippen LogP contribution is -2.09. The standard InChI is InChI=1S/C18H14N4OS3/c1-22-9-8-19-18(22)25-13-6-4-12(5-7-13)21-16(23)15-11-20-17(26-15)14-3-2-10-24-14/h2-11H,1H3,(H,21,23). The van der Waals surface area contributed by atoms with Crippen LogP contribution in [-0.4, -0.2) is 20.4 Å². The molecule has 5 nitrogen and oxygen atoms in total. The molecule has 0 radical (unpaired) electrons. The molecule has 0 bridgehead atoms. The van der Waals surface area contributed by atoms with Gasteiger partial charge in [-0.3, -0.25) is 4.79 Å². The summed E-state index contributed by atoms with van der Waals surface area (Å²) in [6, 6.07) is 11.7. The number of anilines is 1. The molecule has 3 aromatic heterocycles. The van der Waals surface area contributed by atoms with E-state index in [2.05, 4.69) is 15.3 Å². The number of imidazole rings is 1. The van der Waals surface area contributed by atoms with Crippen molar-refractivity contribution in [2.45, 2.75) is 10.1 Å². The molecule has 1 aromatic carbocycles. The normalized spacial score (nSPS) is 10.8. The van der Waals surface area contributed by atoms with Gasteiger partial charge in [-0.25, -0.2) is 9.97 Å². The Labute approximate surface area is 162 Å². The highest BCUT2D eigenvalue weighted by atomic mass is 32.2. The minimum Gasteiger partial charge on any atom is -0.329 e. The number of amides is 1. The maximum Gasteiger partial charge on any atom is 0.267 e. The van der Waals surface area contributed by atoms with Crippen LogP contribution < -0.4 is 5.32 Å². The Bertz CT molecular complexity index is 1020. The summed E-state index contributed by atoms with van der Waals surface area (Å²) >= 11 is 4.59. The van der Waals surface area contributed by atoms with Crippen molar-refractivity contribution in [3.8, 4) is 9.88 Å². The average molecular weight is 399 g/mol. The number of nitrogens with one attached hydrogen (secondary N) is 1. The van der Waals surface area contributed by atoms with Crippen molar-refractivity contribution in [1.29, 1.82) is 0 Å². The quantitative estimate of drug-likeness (QED) is 0.513. The van der Waals surface area contributed by atoms with E-state index in [1.165, 1.54) is 11.3 Å². The largest absolute Gasteiger partial charge is 0.329 e. The van der Waals surface area contributed by atoms with Gasteiger partial charge in [-0.15, -0.1) is 22.7 Å². The van der Waals surface area contributed by atoms with Gasteiger partial charge in [0, 0.05) is 30.0 Å². The van der Waals surface area contributed by atoms with Crippen LogP contribution in [0.1, 0.15) is 9.67 Å². The summed E-state index contributed by atoms with van der Waals surface area (Å²) in [6.07, 6.45) is 5.31. The highest BCUT2D eigenvalue weighted by Gasteiger charge is 2.12. The Kier molecular flexibility index (Phi) is 4.87. The summed E-state index contributed by atoms with van der Waals surface area (Å²) in [5.41, 5.74) is 0.755. The van der Waals surface area contributed by atoms with Gasteiger partial charge < -0.3 is 9.88 Å². The summed E-state index contributed by atoms with van der Waals surface area (Å²) in [5, 5.41) is 6.71. The fourth-order valence-electron chi connectivity index (χ4n) is 2.25. The average Bonchev–Trinajstić information content (AvgIpc) is 3.38. The molecule has 0 fully saturated rings. The van der Waals surface area contributed by atoms with E-state index in [0.717, 1.165) is 25.6 Å². The van der Waals surface area contributed by atoms with Crippen LogP contribution in [-0.2, 0) is 7.05 Å². The third kappa shape index (κ3) is 3.72. The van der Waals surface area contributed by atoms with Gasteiger partial charge in [0.15, 0.2) is 5.16 Å². The van der Waals surface area contributed by atoms with Gasteiger partial charge in [0.05, 0.1) is 11.1 Å². The van der Waals surface area contributed by atoms with Crippen LogP contribution in [0.3, 0.4) is 0 Å². The molecule has 0 saturated carbocycles. The molecule has 1 N–H and O–H groups in total. The van der Waals surface area contributed by atoms with Gasteiger partial charge >= 0.3 is 0 Å². The molecule has 3 heterocycles. The van der Waals surface area contributed by atoms with Crippen molar-refractivity contribution < 1.29 is 4.79 Å². The maximum atomic E-state index is 12.4. The summed E-state index contributed by atoms with van der Waals surface area (Å²) in [7, 11) is 1.96. The predicted molar refractivity (Wildman–Crippen MR) is 107 cm³/mol. The molecule has 0 saturated heterocycles. The third-order valence-corrected chi connectivity index (χ3v) is 6.68. The van der Waals surface area contributed by atoms with E-state index < -0.39 is 0 Å². The van der Waals surface area contributed by atoms with Gasteiger partial charge in [-0.2, -0.15) is 0 Å². The first-order valence-electron chi connectivity index (χ1n) is 7.75. The first kappa shape index (κ1) is 17.0. The van der Waals surface area contributed by atoms with Crippen molar-refractivity contribution in [1.82, 2.24) is 14.5 Å². The fourth-order valence-corrected chi connectivity index (χ4v) is 4.66. The summed E-state index contributed by atoms with van der Waals surface area (Å²) in [6.45, 7) is 0. The smallest absolute Gasteiger partial charge is 0.267 e. The lowest BCUT2D eigenvalue weighted by Gasteiger charge is -2.05. The molecule has 0 aliphatic carbocycles. The van der Waals surface area contributed by atoms with Gasteiger partial charge in [-0.1, -0.05) is 17.8 Å². The molecule has 26 heavy (non-hydrogen) atoms. The van der Waals surface area contributed by atoms with Gasteiger partial charge in [0.2, 0.25) is 0 Å². The molecule has 0 aliphatic heterocycles. The van der Waals surface area contributed by atoms with Crippen LogP contribution in [0.5, 0.6) is 0 Å². The first-order valence-corrected chi connectivity index (χ1v) is 10.3. The second kappa shape index (κ2) is 7.45. The predicted octanol–water partition coefficient (Wildman–Crippen LogP) is 5.01. The van der Waals surface area contributed by atoms with E-state index in [0.29, 0.717) is 4.88 Å². The summed E-state index contributed by atoms with van der Waals surface area (Å²) in [5.74, 6) is -0.144. The zero-order valence-corrected chi connectivity index (χ0v) is 16.2. The highest BCUT2D eigenvalue weighted by Crippen LogP contribution is 2.30. The van der Waals surface area contributed by atoms with Crippen LogP contribution >= 0.6 is 34.4 Å². The lowest BCUT2D eigenvalue weighted by molar-refractivity contribution is 0.103. The zero-order chi connectivity index (χ0) is 17.9. The minimum absolute atomic E-state index is 0.144. The van der Waals surface area contributed by atoms with Gasteiger partial charge in [-0.05, 0) is 35.7 Å². The Morgan fingerprint density at radius 1 is 1.19 bits per heavy atom. The lowest BCUT2D eigenvalue weighted by atomic mass is 10.3. The number of benzene rings is 1. The number of nitrogens with zero attached hydrogens (tertiary/aromatic N) is 3. The van der Waals surface area contributed by atoms with Crippen LogP contribution in [0, 0.1) is 0 Å². The van der Waals surface area contributed by atoms with Crippen LogP contribution in [0.15, 0.2) is 70.4 Å². The van der Waals surface area contributed by atoms with Crippen LogP contribution in [0.25, 0.3) is 9.88 Å². The number of aryl methyl sites for hydroxylation is 1. The monoisotopic (exact) mass is 398 g/mol. The molecule has 0 spiro atoms. The molecule has 0 atom stereocenters. The van der Waals surface area contributed by atoms with E-state index >= 15 is 0 Å². The highest BCUT2D eigenvalue weighted by molar-refractivity contribution is 7.99. The number of hydrogen-bond donors (Lipinski definition) is 1. The van der Waals surface area contributed by atoms with Crippen LogP contribution in [0.2, 0.25) is 0 Å². The maximum absolute atomic E-state index is 12.4. The topological polar surface area (TPSA) is 59.8 Å². The molecule has 4 aromatic rings. The Morgan fingerprint density at radius 2 is 2.04 bits per heavy atom. The molecule has 4 rings (SSSR count). The number of thiazole rings is 1. The van der Waals surface area contributed by atoms with Crippen LogP contribution in [0.4, 0.5) is 5.69 Å². The molecule has 0 aliphatic rings. The molecule has 8 heteroatoms. The zero-order valence-electron chi connectivity index (χ0n) is 13.7. The number of aromatic nitrogens is 3. The Hall–Kier alpha value is -2.42. The van der Waals surface area contributed by atoms with E-state index in [-0.39, 0.29) is 5.91 Å². The Morgan fingerprint density at radius 3 is 2.73 bits per heavy atom. The fraction of sp³-hybridized carbons (Fsp3) is 0.0556. The van der Waals surface area contributed by atoms with Crippen molar-refractivity contribution in [2.75, 3.05) is 5.32 Å². The van der Waals surface area contributed by atoms with E-state index in [1.54, 1.807) is 35.5 Å². The Balaban J connectivity index is 1.42. The molecule has 130 valence electrons.